The van der Waals surface area contributed by atoms with Crippen molar-refractivity contribution in [2.75, 3.05) is 0 Å². The van der Waals surface area contributed by atoms with Crippen LogP contribution in [-0.4, -0.2) is 5.78 Å². The molecule has 0 unspecified atom stereocenters. The van der Waals surface area contributed by atoms with Gasteiger partial charge in [-0.15, -0.1) is 0 Å². The largest absolute Gasteiger partial charge is 0.491 e. The summed E-state index contributed by atoms with van der Waals surface area (Å²) in [6.07, 6.45) is -0.336. The van der Waals surface area contributed by atoms with Gasteiger partial charge in [0.25, 0.3) is 0 Å². The van der Waals surface area contributed by atoms with Crippen molar-refractivity contribution in [3.8, 4) is 11.5 Å². The maximum absolute atomic E-state index is 16.4. The summed E-state index contributed by atoms with van der Waals surface area (Å²) < 4.78 is 42.5. The summed E-state index contributed by atoms with van der Waals surface area (Å²) in [6.45, 7) is 0. The van der Waals surface area contributed by atoms with E-state index in [1.807, 2.05) is 0 Å². The minimum Gasteiger partial charge on any atom is -0.411 e. The van der Waals surface area contributed by atoms with Crippen LogP contribution in [0.25, 0.3) is 5.57 Å². The number of halogens is 2. The molecule has 7 heteroatoms. The SMILES string of the molecule is O=C(C/C(=C(/F)P(=O)(Oc1ccccc1)Oc1ccccc1)c1ccc(Br)cc1)c1ccccc1. The molecule has 0 amide bonds. The molecule has 35 heavy (non-hydrogen) atoms. The Balaban J connectivity index is 1.83. The van der Waals surface area contributed by atoms with Gasteiger partial charge in [0.2, 0.25) is 5.57 Å². The number of ketones is 1. The number of para-hydroxylation sites is 2. The number of hydrogen-bond donors (Lipinski definition) is 0. The van der Waals surface area contributed by atoms with Gasteiger partial charge in [-0.05, 0) is 42.0 Å². The molecule has 0 radical (unpaired) electrons. The molecule has 0 aliphatic rings. The van der Waals surface area contributed by atoms with E-state index in [-0.39, 0.29) is 29.3 Å². The summed E-state index contributed by atoms with van der Waals surface area (Å²) in [4.78, 5) is 13.1. The van der Waals surface area contributed by atoms with Crippen LogP contribution >= 0.6 is 23.5 Å². The zero-order valence-electron chi connectivity index (χ0n) is 18.5. The lowest BCUT2D eigenvalue weighted by Crippen LogP contribution is -2.07. The number of Topliss-reactive ketones (excluding diaryl/α,β-unsaturated/α-hetero) is 1. The fourth-order valence-corrected chi connectivity index (χ4v) is 5.14. The zero-order chi connectivity index (χ0) is 24.7. The third-order valence-electron chi connectivity index (χ3n) is 5.05. The first-order valence-electron chi connectivity index (χ1n) is 10.8. The number of benzene rings is 4. The summed E-state index contributed by atoms with van der Waals surface area (Å²) >= 11 is 3.37. The van der Waals surface area contributed by atoms with Crippen molar-refractivity contribution in [1.29, 1.82) is 0 Å². The maximum Gasteiger partial charge on any atom is 0.491 e. The summed E-state index contributed by atoms with van der Waals surface area (Å²) in [5.41, 5.74) is -0.389. The van der Waals surface area contributed by atoms with Crippen LogP contribution in [-0.2, 0) is 4.57 Å². The number of hydrogen-bond acceptors (Lipinski definition) is 4. The Morgan fingerprint density at radius 2 is 1.14 bits per heavy atom. The number of rotatable bonds is 9. The predicted octanol–water partition coefficient (Wildman–Crippen LogP) is 8.71. The number of carbonyl (C=O) groups excluding carboxylic acids is 1. The van der Waals surface area contributed by atoms with E-state index in [1.54, 1.807) is 115 Å². The molecule has 0 fully saturated rings. The van der Waals surface area contributed by atoms with E-state index in [4.69, 9.17) is 9.05 Å². The molecule has 4 aromatic carbocycles. The van der Waals surface area contributed by atoms with Crippen molar-refractivity contribution in [1.82, 2.24) is 0 Å². The molecule has 0 saturated carbocycles. The Morgan fingerprint density at radius 1 is 0.686 bits per heavy atom. The predicted molar refractivity (Wildman–Crippen MR) is 139 cm³/mol. The zero-order valence-corrected chi connectivity index (χ0v) is 21.0. The molecule has 0 N–H and O–H groups in total. The second-order valence-electron chi connectivity index (χ2n) is 7.55. The van der Waals surface area contributed by atoms with Crippen LogP contribution in [0.1, 0.15) is 22.3 Å². The van der Waals surface area contributed by atoms with Gasteiger partial charge >= 0.3 is 7.60 Å². The maximum atomic E-state index is 16.4. The van der Waals surface area contributed by atoms with Crippen molar-refractivity contribution in [3.05, 3.63) is 136 Å². The average molecular weight is 551 g/mol. The van der Waals surface area contributed by atoms with Crippen molar-refractivity contribution in [2.24, 2.45) is 0 Å². The van der Waals surface area contributed by atoms with Gasteiger partial charge in [0.1, 0.15) is 11.5 Å². The van der Waals surface area contributed by atoms with E-state index in [2.05, 4.69) is 15.9 Å². The van der Waals surface area contributed by atoms with Crippen LogP contribution in [0, 0.1) is 0 Å². The molecule has 0 aliphatic heterocycles. The van der Waals surface area contributed by atoms with E-state index < -0.39 is 13.2 Å². The highest BCUT2D eigenvalue weighted by Gasteiger charge is 2.38. The molecule has 176 valence electrons. The molecule has 4 aromatic rings. The third-order valence-corrected chi connectivity index (χ3v) is 7.23. The topological polar surface area (TPSA) is 52.6 Å². The first-order chi connectivity index (χ1) is 16.9. The van der Waals surface area contributed by atoms with Gasteiger partial charge in [-0.1, -0.05) is 94.8 Å². The van der Waals surface area contributed by atoms with Crippen LogP contribution in [0.3, 0.4) is 0 Å². The molecular formula is C28H21BrFO4P. The highest BCUT2D eigenvalue weighted by molar-refractivity contribution is 9.10. The van der Waals surface area contributed by atoms with Gasteiger partial charge < -0.3 is 9.05 Å². The van der Waals surface area contributed by atoms with E-state index in [0.29, 0.717) is 11.1 Å². The fraction of sp³-hybridized carbons (Fsp3) is 0.0357. The van der Waals surface area contributed by atoms with Crippen molar-refractivity contribution in [2.45, 2.75) is 6.42 Å². The molecule has 0 aliphatic carbocycles. The van der Waals surface area contributed by atoms with Crippen LogP contribution in [0.15, 0.2) is 125 Å². The Kier molecular flexibility index (Phi) is 7.96. The normalized spacial score (nSPS) is 11.9. The minimum absolute atomic E-state index is 0.0680. The van der Waals surface area contributed by atoms with Gasteiger partial charge in [-0.3, -0.25) is 4.79 Å². The van der Waals surface area contributed by atoms with Gasteiger partial charge in [0.05, 0.1) is 0 Å². The Labute approximate surface area is 211 Å². The summed E-state index contributed by atoms with van der Waals surface area (Å²) in [5.74, 6) is 0.0163. The van der Waals surface area contributed by atoms with Crippen LogP contribution in [0.4, 0.5) is 4.39 Å². The molecular weight excluding hydrogens is 530 g/mol. The summed E-state index contributed by atoms with van der Waals surface area (Å²) in [7, 11) is -4.59. The second kappa shape index (κ2) is 11.3. The minimum atomic E-state index is -4.59. The molecule has 0 atom stereocenters. The third kappa shape index (κ3) is 6.36. The smallest absolute Gasteiger partial charge is 0.411 e. The molecule has 0 bridgehead atoms. The van der Waals surface area contributed by atoms with Crippen molar-refractivity contribution >= 4 is 34.9 Å². The fourth-order valence-electron chi connectivity index (χ4n) is 3.34. The molecule has 0 heterocycles. The highest BCUT2D eigenvalue weighted by Crippen LogP contribution is 2.58. The molecule has 4 rings (SSSR count). The monoisotopic (exact) mass is 550 g/mol. The Bertz CT molecular complexity index is 1310. The number of carbonyl (C=O) groups is 1. The van der Waals surface area contributed by atoms with E-state index in [1.165, 1.54) is 0 Å². The standard InChI is InChI=1S/C28H21BrFO4P/c29-23-18-16-21(17-19-23)26(20-27(31)22-10-4-1-5-11-22)28(30)35(32,33-24-12-6-2-7-13-24)34-25-14-8-3-9-15-25/h1-19H,20H2/b28-26+. The lowest BCUT2D eigenvalue weighted by molar-refractivity contribution is 0.0998. The van der Waals surface area contributed by atoms with Gasteiger partial charge in [-0.25, -0.2) is 4.57 Å². The van der Waals surface area contributed by atoms with Gasteiger partial charge in [-0.2, -0.15) is 4.39 Å². The first-order valence-corrected chi connectivity index (χ1v) is 13.1. The Morgan fingerprint density at radius 3 is 1.63 bits per heavy atom. The van der Waals surface area contributed by atoms with Crippen molar-refractivity contribution < 1.29 is 22.8 Å². The molecule has 4 nitrogen and oxygen atoms in total. The van der Waals surface area contributed by atoms with Crippen LogP contribution in [0.2, 0.25) is 0 Å². The van der Waals surface area contributed by atoms with Crippen LogP contribution < -0.4 is 9.05 Å². The van der Waals surface area contributed by atoms with E-state index in [9.17, 15) is 9.36 Å². The Hall–Kier alpha value is -3.47. The summed E-state index contributed by atoms with van der Waals surface area (Å²) in [6, 6.07) is 31.7. The molecule has 0 aromatic heterocycles. The lowest BCUT2D eigenvalue weighted by Gasteiger charge is -2.21. The average Bonchev–Trinajstić information content (AvgIpc) is 2.89. The van der Waals surface area contributed by atoms with Gasteiger partial charge in [0, 0.05) is 22.0 Å². The second-order valence-corrected chi connectivity index (χ2v) is 10.2. The number of allylic oxidation sites excluding steroid dienone is 1. The van der Waals surface area contributed by atoms with Gasteiger partial charge in [0.15, 0.2) is 5.78 Å². The van der Waals surface area contributed by atoms with Crippen molar-refractivity contribution in [3.63, 3.8) is 0 Å². The lowest BCUT2D eigenvalue weighted by atomic mass is 9.98. The highest BCUT2D eigenvalue weighted by atomic mass is 79.9. The van der Waals surface area contributed by atoms with E-state index in [0.717, 1.165) is 4.47 Å². The molecule has 0 spiro atoms. The quantitative estimate of drug-likeness (QED) is 0.154. The van der Waals surface area contributed by atoms with E-state index >= 15 is 4.39 Å². The molecule has 0 saturated heterocycles. The summed E-state index contributed by atoms with van der Waals surface area (Å²) in [5, 5.41) is 0. The van der Waals surface area contributed by atoms with Crippen LogP contribution in [0.5, 0.6) is 11.5 Å². The first kappa shape index (κ1) is 24.6.